The monoisotopic (exact) mass is 281 g/mol. The molecule has 1 amide bonds. The summed E-state index contributed by atoms with van der Waals surface area (Å²) in [5, 5.41) is 10.3. The van der Waals surface area contributed by atoms with E-state index in [0.29, 0.717) is 10.6 Å². The zero-order valence-corrected chi connectivity index (χ0v) is 12.5. The molecule has 19 heavy (non-hydrogen) atoms. The van der Waals surface area contributed by atoms with Gasteiger partial charge < -0.3 is 10.0 Å². The highest BCUT2D eigenvalue weighted by atomic mass is 35.5. The number of benzene rings is 1. The Kier molecular flexibility index (Phi) is 5.15. The Labute approximate surface area is 119 Å². The second kappa shape index (κ2) is 6.22. The van der Waals surface area contributed by atoms with Gasteiger partial charge in [-0.05, 0) is 38.5 Å². The maximum absolute atomic E-state index is 12.1. The Morgan fingerprint density at radius 3 is 2.53 bits per heavy atom. The van der Waals surface area contributed by atoms with Crippen LogP contribution in [0.4, 0.5) is 0 Å². The Hall–Kier alpha value is -1.32. The van der Waals surface area contributed by atoms with E-state index in [1.54, 1.807) is 40.0 Å². The molecular weight excluding hydrogens is 262 g/mol. The van der Waals surface area contributed by atoms with E-state index in [-0.39, 0.29) is 12.5 Å². The maximum atomic E-state index is 12.1. The van der Waals surface area contributed by atoms with E-state index in [1.807, 2.05) is 18.2 Å². The predicted octanol–water partition coefficient (Wildman–Crippen LogP) is 2.97. The fraction of sp³-hybridized carbons (Fsp3) is 0.400. The van der Waals surface area contributed by atoms with Crippen molar-refractivity contribution in [3.8, 4) is 0 Å². The third kappa shape index (κ3) is 5.05. The molecule has 3 nitrogen and oxygen atoms in total. The average Bonchev–Trinajstić information content (AvgIpc) is 2.28. The normalized spacial score (nSPS) is 12.4. The van der Waals surface area contributed by atoms with Gasteiger partial charge in [0.1, 0.15) is 0 Å². The number of hydrogen-bond acceptors (Lipinski definition) is 2. The molecule has 1 aromatic rings. The van der Waals surface area contributed by atoms with Gasteiger partial charge in [0.05, 0.1) is 5.60 Å². The summed E-state index contributed by atoms with van der Waals surface area (Å²) < 4.78 is 0. The highest BCUT2D eigenvalue weighted by Crippen LogP contribution is 2.19. The number of likely N-dealkylation sites (N-methyl/N-ethyl adjacent to an activating group) is 1. The Morgan fingerprint density at radius 1 is 1.42 bits per heavy atom. The van der Waals surface area contributed by atoms with Crippen LogP contribution in [0, 0.1) is 0 Å². The van der Waals surface area contributed by atoms with Crippen LogP contribution in [0.5, 0.6) is 0 Å². The molecule has 0 atom stereocenters. The number of hydrogen-bond donors (Lipinski definition) is 1. The lowest BCUT2D eigenvalue weighted by Crippen LogP contribution is -2.40. The van der Waals surface area contributed by atoms with Crippen molar-refractivity contribution in [2.75, 3.05) is 13.6 Å². The van der Waals surface area contributed by atoms with E-state index in [2.05, 4.69) is 0 Å². The smallest absolute Gasteiger partial charge is 0.249 e. The first-order chi connectivity index (χ1) is 8.70. The molecular formula is C15H20ClNO2. The first-order valence-electron chi connectivity index (χ1n) is 6.11. The van der Waals surface area contributed by atoms with E-state index in [0.717, 1.165) is 5.56 Å². The highest BCUT2D eigenvalue weighted by molar-refractivity contribution is 6.32. The summed E-state index contributed by atoms with van der Waals surface area (Å²) >= 11 is 6.05. The lowest BCUT2D eigenvalue weighted by molar-refractivity contribution is -0.128. The van der Waals surface area contributed by atoms with Crippen LogP contribution in [-0.4, -0.2) is 35.1 Å². The lowest BCUT2D eigenvalue weighted by Gasteiger charge is -2.25. The number of halogens is 1. The summed E-state index contributed by atoms with van der Waals surface area (Å²) in [6.45, 7) is 5.36. The molecule has 0 bridgehead atoms. The fourth-order valence-electron chi connectivity index (χ4n) is 1.84. The van der Waals surface area contributed by atoms with Gasteiger partial charge in [0.2, 0.25) is 5.91 Å². The summed E-state index contributed by atoms with van der Waals surface area (Å²) in [5.41, 5.74) is 0.487. The quantitative estimate of drug-likeness (QED) is 0.862. The van der Waals surface area contributed by atoms with Gasteiger partial charge in [-0.2, -0.15) is 0 Å². The lowest BCUT2D eigenvalue weighted by atomic mass is 10.1. The van der Waals surface area contributed by atoms with Crippen LogP contribution in [0.3, 0.4) is 0 Å². The van der Waals surface area contributed by atoms with E-state index in [1.165, 1.54) is 4.90 Å². The minimum absolute atomic E-state index is 0.123. The molecule has 0 fully saturated rings. The van der Waals surface area contributed by atoms with Gasteiger partial charge in [-0.1, -0.05) is 29.8 Å². The largest absolute Gasteiger partial charge is 0.389 e. The molecule has 1 N–H and O–H groups in total. The molecule has 1 rings (SSSR count). The molecule has 0 unspecified atom stereocenters. The van der Waals surface area contributed by atoms with E-state index < -0.39 is 5.60 Å². The molecule has 0 saturated heterocycles. The van der Waals surface area contributed by atoms with E-state index in [4.69, 9.17) is 11.6 Å². The van der Waals surface area contributed by atoms with Crippen molar-refractivity contribution in [3.05, 3.63) is 40.4 Å². The summed E-state index contributed by atoms with van der Waals surface area (Å²) in [6.07, 6.45) is 1.76. The Bertz CT molecular complexity index is 489. The van der Waals surface area contributed by atoms with Gasteiger partial charge in [-0.3, -0.25) is 4.79 Å². The van der Waals surface area contributed by atoms with Gasteiger partial charge in [0.25, 0.3) is 0 Å². The minimum atomic E-state index is -0.908. The maximum Gasteiger partial charge on any atom is 0.249 e. The number of aliphatic hydroxyl groups is 1. The first-order valence-corrected chi connectivity index (χ1v) is 6.49. The molecule has 0 aliphatic rings. The number of rotatable bonds is 4. The molecule has 0 aromatic heterocycles. The van der Waals surface area contributed by atoms with Gasteiger partial charge in [0, 0.05) is 24.2 Å². The summed E-state index contributed by atoms with van der Waals surface area (Å²) in [4.78, 5) is 13.6. The minimum Gasteiger partial charge on any atom is -0.389 e. The van der Waals surface area contributed by atoms with Crippen molar-refractivity contribution < 1.29 is 9.90 Å². The number of carbonyl (C=O) groups excluding carboxylic acids is 1. The Balaban J connectivity index is 2.85. The second-order valence-electron chi connectivity index (χ2n) is 5.32. The average molecular weight is 282 g/mol. The standard InChI is InChI=1S/C15H20ClNO2/c1-11(9-12-7-5-6-8-13(12)16)14(18)17(4)10-15(2,3)19/h5-9,19H,10H2,1-4H3/b11-9+. The van der Waals surface area contributed by atoms with Crippen LogP contribution in [0.1, 0.15) is 26.3 Å². The van der Waals surface area contributed by atoms with Crippen molar-refractivity contribution in [1.29, 1.82) is 0 Å². The van der Waals surface area contributed by atoms with Crippen molar-refractivity contribution in [2.45, 2.75) is 26.4 Å². The summed E-state index contributed by atoms with van der Waals surface area (Å²) in [6, 6.07) is 7.36. The summed E-state index contributed by atoms with van der Waals surface area (Å²) in [5.74, 6) is -0.123. The van der Waals surface area contributed by atoms with Crippen molar-refractivity contribution in [3.63, 3.8) is 0 Å². The molecule has 0 saturated carbocycles. The van der Waals surface area contributed by atoms with Crippen LogP contribution >= 0.6 is 11.6 Å². The van der Waals surface area contributed by atoms with Crippen LogP contribution in [0.15, 0.2) is 29.8 Å². The molecule has 104 valence electrons. The zero-order chi connectivity index (χ0) is 14.6. The second-order valence-corrected chi connectivity index (χ2v) is 5.73. The predicted molar refractivity (Wildman–Crippen MR) is 79.0 cm³/mol. The Morgan fingerprint density at radius 2 is 2.00 bits per heavy atom. The van der Waals surface area contributed by atoms with Crippen LogP contribution in [-0.2, 0) is 4.79 Å². The van der Waals surface area contributed by atoms with Crippen molar-refractivity contribution in [1.82, 2.24) is 4.90 Å². The molecule has 1 aromatic carbocycles. The fourth-order valence-corrected chi connectivity index (χ4v) is 2.03. The summed E-state index contributed by atoms with van der Waals surface area (Å²) in [7, 11) is 1.67. The highest BCUT2D eigenvalue weighted by Gasteiger charge is 2.20. The van der Waals surface area contributed by atoms with Gasteiger partial charge >= 0.3 is 0 Å². The van der Waals surface area contributed by atoms with Crippen LogP contribution < -0.4 is 0 Å². The topological polar surface area (TPSA) is 40.5 Å². The molecule has 0 aliphatic heterocycles. The SMILES string of the molecule is C/C(=C\c1ccccc1Cl)C(=O)N(C)CC(C)(C)O. The molecule has 0 radical (unpaired) electrons. The van der Waals surface area contributed by atoms with Crippen LogP contribution in [0.25, 0.3) is 6.08 Å². The van der Waals surface area contributed by atoms with Crippen molar-refractivity contribution >= 4 is 23.6 Å². The van der Waals surface area contributed by atoms with Gasteiger partial charge in [-0.15, -0.1) is 0 Å². The van der Waals surface area contributed by atoms with E-state index in [9.17, 15) is 9.90 Å². The molecule has 4 heteroatoms. The third-order valence-electron chi connectivity index (χ3n) is 2.59. The number of amides is 1. The van der Waals surface area contributed by atoms with E-state index >= 15 is 0 Å². The number of nitrogens with zero attached hydrogens (tertiary/aromatic N) is 1. The zero-order valence-electron chi connectivity index (χ0n) is 11.8. The molecule has 0 heterocycles. The van der Waals surface area contributed by atoms with Crippen molar-refractivity contribution in [2.24, 2.45) is 0 Å². The number of carbonyl (C=O) groups is 1. The van der Waals surface area contributed by atoms with Crippen LogP contribution in [0.2, 0.25) is 5.02 Å². The molecule has 0 aliphatic carbocycles. The first kappa shape index (κ1) is 15.7. The molecule has 0 spiro atoms. The van der Waals surface area contributed by atoms with Gasteiger partial charge in [0.15, 0.2) is 0 Å². The van der Waals surface area contributed by atoms with Gasteiger partial charge in [-0.25, -0.2) is 0 Å². The third-order valence-corrected chi connectivity index (χ3v) is 2.93.